The lowest BCUT2D eigenvalue weighted by molar-refractivity contribution is -0.159. The summed E-state index contributed by atoms with van der Waals surface area (Å²) in [6, 6.07) is 0. The van der Waals surface area contributed by atoms with Crippen molar-refractivity contribution in [1.82, 2.24) is 0 Å². The van der Waals surface area contributed by atoms with E-state index in [-0.39, 0.29) is 39.6 Å². The Bertz CT molecular complexity index is 843. The molecule has 0 bridgehead atoms. The number of rotatable bonds is 17. The highest BCUT2D eigenvalue weighted by atomic mass is 16.6. The number of aliphatic hydroxyl groups is 4. The topological polar surface area (TPSA) is 272 Å². The molecule has 0 atom stereocenters. The van der Waals surface area contributed by atoms with E-state index in [4.69, 9.17) is 44.8 Å². The van der Waals surface area contributed by atoms with Gasteiger partial charge in [0.05, 0.1) is 31.8 Å². The Balaban J connectivity index is -0.000000181. The van der Waals surface area contributed by atoms with Crippen molar-refractivity contribution >= 4 is 35.8 Å². The maximum Gasteiger partial charge on any atom is 0.330 e. The predicted molar refractivity (Wildman–Crippen MR) is 160 cm³/mol. The fraction of sp³-hybridized carbons (Fsp3) is 0.379. The first-order chi connectivity index (χ1) is 21.0. The fourth-order valence-corrected chi connectivity index (χ4v) is 1.60. The molecule has 45 heavy (non-hydrogen) atoms. The summed E-state index contributed by atoms with van der Waals surface area (Å²) in [5, 5.41) is 58.3. The van der Waals surface area contributed by atoms with Gasteiger partial charge in [-0.2, -0.15) is 0 Å². The minimum absolute atomic E-state index is 0.156. The third-order valence-corrected chi connectivity index (χ3v) is 4.68. The molecule has 0 rings (SSSR count). The Morgan fingerprint density at radius 3 is 0.778 bits per heavy atom. The number of carboxylic acid groups (broad SMARTS) is 3. The summed E-state index contributed by atoms with van der Waals surface area (Å²) in [7, 11) is 0. The molecule has 0 aliphatic carbocycles. The van der Waals surface area contributed by atoms with Crippen LogP contribution in [-0.4, -0.2) is 118 Å². The van der Waals surface area contributed by atoms with E-state index in [9.17, 15) is 33.9 Å². The van der Waals surface area contributed by atoms with Crippen molar-refractivity contribution < 1.29 is 78.7 Å². The van der Waals surface area contributed by atoms with Gasteiger partial charge >= 0.3 is 35.8 Å². The van der Waals surface area contributed by atoms with Crippen LogP contribution in [0.5, 0.6) is 0 Å². The van der Waals surface area contributed by atoms with Gasteiger partial charge in [-0.3, -0.25) is 0 Å². The molecule has 0 saturated carbocycles. The first-order valence-electron chi connectivity index (χ1n) is 12.4. The summed E-state index contributed by atoms with van der Waals surface area (Å²) in [6.07, 6.45) is 5.91. The van der Waals surface area contributed by atoms with Gasteiger partial charge in [0, 0.05) is 41.9 Å². The van der Waals surface area contributed by atoms with E-state index >= 15 is 0 Å². The van der Waals surface area contributed by atoms with Crippen molar-refractivity contribution in [1.29, 1.82) is 0 Å². The van der Waals surface area contributed by atoms with Gasteiger partial charge in [-0.05, 0) is 6.42 Å². The molecule has 16 nitrogen and oxygen atoms in total. The van der Waals surface area contributed by atoms with E-state index in [1.807, 2.05) is 6.92 Å². The predicted octanol–water partition coefficient (Wildman–Crippen LogP) is 0.283. The molecular formula is C29H44O16. The van der Waals surface area contributed by atoms with Crippen molar-refractivity contribution in [3.63, 3.8) is 0 Å². The van der Waals surface area contributed by atoms with Crippen molar-refractivity contribution in [2.24, 2.45) is 10.8 Å². The monoisotopic (exact) mass is 648 g/mol. The number of hydrogen-bond acceptors (Lipinski definition) is 13. The van der Waals surface area contributed by atoms with Crippen LogP contribution in [0.1, 0.15) is 13.3 Å². The smallest absolute Gasteiger partial charge is 0.330 e. The molecule has 0 aliphatic heterocycles. The molecule has 0 heterocycles. The Kier molecular flexibility index (Phi) is 35.4. The van der Waals surface area contributed by atoms with Gasteiger partial charge in [0.2, 0.25) is 0 Å². The molecule has 0 radical (unpaired) electrons. The lowest BCUT2D eigenvalue weighted by Gasteiger charge is -2.29. The van der Waals surface area contributed by atoms with Crippen LogP contribution in [0.15, 0.2) is 75.9 Å². The molecule has 0 aromatic carbocycles. The van der Waals surface area contributed by atoms with Gasteiger partial charge in [0.25, 0.3) is 0 Å². The minimum atomic E-state index is -1.28. The highest BCUT2D eigenvalue weighted by Crippen LogP contribution is 2.20. The SMILES string of the molecule is C=CC(=O)O.C=CC(=O)O.C=CC(=O)O.C=CC(=O)OCC(CO)(COC(=O)C=C)COC(=O)C=C.CCC(CO)(CO)CO. The van der Waals surface area contributed by atoms with Crippen LogP contribution >= 0.6 is 0 Å². The van der Waals surface area contributed by atoms with Crippen LogP contribution in [0.25, 0.3) is 0 Å². The van der Waals surface area contributed by atoms with Gasteiger partial charge in [0.1, 0.15) is 19.8 Å². The molecule has 0 aromatic heterocycles. The molecule has 0 fully saturated rings. The Labute approximate surface area is 261 Å². The van der Waals surface area contributed by atoms with Crippen LogP contribution in [-0.2, 0) is 43.0 Å². The second-order valence-electron chi connectivity index (χ2n) is 8.05. The quantitative estimate of drug-likeness (QED) is 0.0634. The molecule has 0 amide bonds. The summed E-state index contributed by atoms with van der Waals surface area (Å²) < 4.78 is 14.5. The maximum absolute atomic E-state index is 11.1. The Morgan fingerprint density at radius 2 is 0.689 bits per heavy atom. The van der Waals surface area contributed by atoms with Gasteiger partial charge < -0.3 is 50.0 Å². The normalized spacial score (nSPS) is 9.27. The lowest BCUT2D eigenvalue weighted by Crippen LogP contribution is -2.42. The molecule has 0 saturated heterocycles. The molecular weight excluding hydrogens is 604 g/mol. The zero-order valence-corrected chi connectivity index (χ0v) is 25.2. The standard InChI is InChI=1S/C14H18O7.C6H14O3.3C3H4O2/c1-4-11(16)19-8-14(7-15,9-20-12(17)5-2)10-21-13(18)6-3;1-2-6(3-7,4-8)5-9;3*1-2-3(4)5/h4-6,15H,1-3,7-10H2;7-9H,2-5H2,1H3;3*2H,1H2,(H,4,5). The third-order valence-electron chi connectivity index (χ3n) is 4.68. The number of hydrogen-bond donors (Lipinski definition) is 7. The van der Waals surface area contributed by atoms with Crippen LogP contribution in [0.2, 0.25) is 0 Å². The summed E-state index contributed by atoms with van der Waals surface area (Å²) in [5.74, 6) is -5.12. The van der Waals surface area contributed by atoms with Crippen molar-refractivity contribution in [3.05, 3.63) is 75.9 Å². The molecule has 0 aromatic rings. The van der Waals surface area contributed by atoms with Crippen molar-refractivity contribution in [2.45, 2.75) is 13.3 Å². The summed E-state index contributed by atoms with van der Waals surface area (Å²) in [6.45, 7) is 18.4. The summed E-state index contributed by atoms with van der Waals surface area (Å²) >= 11 is 0. The van der Waals surface area contributed by atoms with E-state index in [0.29, 0.717) is 6.42 Å². The molecule has 16 heteroatoms. The number of carboxylic acids is 3. The van der Waals surface area contributed by atoms with Gasteiger partial charge in [-0.1, -0.05) is 46.4 Å². The van der Waals surface area contributed by atoms with E-state index in [0.717, 1.165) is 36.5 Å². The van der Waals surface area contributed by atoms with Crippen LogP contribution in [0.4, 0.5) is 0 Å². The summed E-state index contributed by atoms with van der Waals surface area (Å²) in [5.41, 5.74) is -1.95. The largest absolute Gasteiger partial charge is 0.478 e. The first kappa shape index (κ1) is 49.8. The maximum atomic E-state index is 11.1. The van der Waals surface area contributed by atoms with E-state index in [1.54, 1.807) is 0 Å². The number of esters is 3. The van der Waals surface area contributed by atoms with E-state index in [2.05, 4.69) is 39.5 Å². The Morgan fingerprint density at radius 1 is 0.489 bits per heavy atom. The highest BCUT2D eigenvalue weighted by molar-refractivity contribution is 5.82. The van der Waals surface area contributed by atoms with E-state index < -0.39 is 53.3 Å². The zero-order chi connectivity index (χ0) is 36.5. The minimum Gasteiger partial charge on any atom is -0.478 e. The van der Waals surface area contributed by atoms with Gasteiger partial charge in [0.15, 0.2) is 0 Å². The number of carbonyl (C=O) groups is 6. The van der Waals surface area contributed by atoms with Crippen LogP contribution < -0.4 is 0 Å². The van der Waals surface area contributed by atoms with Gasteiger partial charge in [-0.25, -0.2) is 28.8 Å². The first-order valence-corrected chi connectivity index (χ1v) is 12.4. The molecule has 7 N–H and O–H groups in total. The van der Waals surface area contributed by atoms with E-state index in [1.165, 1.54) is 0 Å². The third kappa shape index (κ3) is 33.5. The van der Waals surface area contributed by atoms with Crippen LogP contribution in [0.3, 0.4) is 0 Å². The molecule has 256 valence electrons. The van der Waals surface area contributed by atoms with Gasteiger partial charge in [-0.15, -0.1) is 0 Å². The number of carbonyl (C=O) groups excluding carboxylic acids is 3. The highest BCUT2D eigenvalue weighted by Gasteiger charge is 2.35. The fourth-order valence-electron chi connectivity index (χ4n) is 1.60. The average molecular weight is 649 g/mol. The summed E-state index contributed by atoms with van der Waals surface area (Å²) in [4.78, 5) is 61.0. The van der Waals surface area contributed by atoms with Crippen LogP contribution in [0, 0.1) is 10.8 Å². The number of aliphatic hydroxyl groups excluding tert-OH is 4. The number of ether oxygens (including phenoxy) is 3. The average Bonchev–Trinajstić information content (AvgIpc) is 3.06. The van der Waals surface area contributed by atoms with Crippen molar-refractivity contribution in [2.75, 3.05) is 46.2 Å². The second-order valence-corrected chi connectivity index (χ2v) is 8.05. The molecule has 0 aliphatic rings. The molecule has 0 spiro atoms. The van der Waals surface area contributed by atoms with Crippen molar-refractivity contribution in [3.8, 4) is 0 Å². The second kappa shape index (κ2) is 32.0. The Hall–Kier alpha value is -4.90. The number of aliphatic carboxylic acids is 3. The molecule has 0 unspecified atom stereocenters. The zero-order valence-electron chi connectivity index (χ0n) is 25.2. The lowest BCUT2D eigenvalue weighted by atomic mass is 9.88.